The van der Waals surface area contributed by atoms with E-state index in [1.54, 1.807) is 11.6 Å². The maximum absolute atomic E-state index is 12.3. The van der Waals surface area contributed by atoms with E-state index in [4.69, 9.17) is 11.6 Å². The second-order valence-corrected chi connectivity index (χ2v) is 5.23. The van der Waals surface area contributed by atoms with Crippen molar-refractivity contribution in [3.05, 3.63) is 45.3 Å². The molecular weight excluding hydrogens is 284 g/mol. The molecule has 0 bridgehead atoms. The second-order valence-electron chi connectivity index (χ2n) is 4.01. The summed E-state index contributed by atoms with van der Waals surface area (Å²) in [5, 5.41) is 5.74. The largest absolute Gasteiger partial charge is 0.284 e. The van der Waals surface area contributed by atoms with Crippen molar-refractivity contribution in [2.75, 3.05) is 0 Å². The number of benzene rings is 1. The van der Waals surface area contributed by atoms with Gasteiger partial charge in [-0.1, -0.05) is 35.1 Å². The van der Waals surface area contributed by atoms with E-state index in [1.807, 2.05) is 12.1 Å². The number of pyridine rings is 1. The van der Waals surface area contributed by atoms with Crippen LogP contribution in [0.5, 0.6) is 0 Å². The number of nitrogens with zero attached hydrogens (tertiary/aromatic N) is 4. The topological polar surface area (TPSA) is 60.2 Å². The Bertz CT molecular complexity index is 1010. The van der Waals surface area contributed by atoms with Crippen molar-refractivity contribution in [2.45, 2.75) is 0 Å². The van der Waals surface area contributed by atoms with Gasteiger partial charge in [-0.2, -0.15) is 9.61 Å². The number of rotatable bonds is 0. The number of halogens is 1. The lowest BCUT2D eigenvalue weighted by Crippen LogP contribution is -2.15. The summed E-state index contributed by atoms with van der Waals surface area (Å²) in [6.45, 7) is 0. The summed E-state index contributed by atoms with van der Waals surface area (Å²) in [7, 11) is 0. The highest BCUT2D eigenvalue weighted by Crippen LogP contribution is 2.26. The molecule has 0 saturated heterocycles. The van der Waals surface area contributed by atoms with E-state index < -0.39 is 0 Å². The van der Waals surface area contributed by atoms with Crippen LogP contribution >= 0.6 is 22.9 Å². The summed E-state index contributed by atoms with van der Waals surface area (Å²) < 4.78 is 1.28. The van der Waals surface area contributed by atoms with E-state index in [0.717, 1.165) is 5.39 Å². The number of para-hydroxylation sites is 1. The molecule has 0 saturated carbocycles. The van der Waals surface area contributed by atoms with Crippen molar-refractivity contribution in [1.29, 1.82) is 0 Å². The Kier molecular flexibility index (Phi) is 2.12. The average Bonchev–Trinajstić information content (AvgIpc) is 2.88. The number of aromatic nitrogens is 4. The van der Waals surface area contributed by atoms with Gasteiger partial charge < -0.3 is 0 Å². The monoisotopic (exact) mass is 288 g/mol. The third-order valence-electron chi connectivity index (χ3n) is 2.95. The maximum Gasteiger partial charge on any atom is 0.284 e. The lowest BCUT2D eigenvalue weighted by molar-refractivity contribution is 0.915. The molecule has 0 fully saturated rings. The molecule has 0 N–H and O–H groups in total. The summed E-state index contributed by atoms with van der Waals surface area (Å²) in [6.07, 6.45) is 1.50. The molecule has 3 aromatic heterocycles. The van der Waals surface area contributed by atoms with E-state index in [1.165, 1.54) is 22.0 Å². The smallest absolute Gasteiger partial charge is 0.266 e. The predicted molar refractivity (Wildman–Crippen MR) is 75.0 cm³/mol. The zero-order valence-corrected chi connectivity index (χ0v) is 10.9. The Morgan fingerprint density at radius 2 is 2.11 bits per heavy atom. The van der Waals surface area contributed by atoms with Gasteiger partial charge in [-0.25, -0.2) is 4.98 Å². The van der Waals surface area contributed by atoms with Crippen LogP contribution in [0.3, 0.4) is 0 Å². The molecule has 0 aliphatic heterocycles. The normalized spacial score (nSPS) is 11.6. The van der Waals surface area contributed by atoms with E-state index in [2.05, 4.69) is 15.1 Å². The summed E-state index contributed by atoms with van der Waals surface area (Å²) in [6, 6.07) is 5.45. The molecule has 0 unspecified atom stereocenters. The van der Waals surface area contributed by atoms with Crippen LogP contribution < -0.4 is 5.56 Å². The fourth-order valence-electron chi connectivity index (χ4n) is 2.09. The molecule has 19 heavy (non-hydrogen) atoms. The molecular formula is C12H5ClN4OS. The molecule has 0 radical (unpaired) electrons. The van der Waals surface area contributed by atoms with Gasteiger partial charge in [0.15, 0.2) is 0 Å². The third-order valence-corrected chi connectivity index (χ3v) is 3.93. The quantitative estimate of drug-likeness (QED) is 0.467. The van der Waals surface area contributed by atoms with Crippen LogP contribution in [0.4, 0.5) is 0 Å². The van der Waals surface area contributed by atoms with Gasteiger partial charge in [-0.3, -0.25) is 9.78 Å². The Balaban J connectivity index is 2.37. The number of hydrogen-bond acceptors (Lipinski definition) is 5. The standard InChI is InChI=1S/C12H5ClN4OS/c13-8-3-1-2-6-9-7(4-14-10(6)8)11(18)17-12(16-9)19-5-15-17/h1-5H. The van der Waals surface area contributed by atoms with E-state index in [0.29, 0.717) is 26.4 Å². The minimum absolute atomic E-state index is 0.212. The highest BCUT2D eigenvalue weighted by molar-refractivity contribution is 7.14. The molecule has 4 rings (SSSR count). The Morgan fingerprint density at radius 3 is 3.00 bits per heavy atom. The Labute approximate surface area is 115 Å². The van der Waals surface area contributed by atoms with Gasteiger partial charge in [-0.15, -0.1) is 0 Å². The molecule has 5 nitrogen and oxygen atoms in total. The highest BCUT2D eigenvalue weighted by atomic mass is 35.5. The Hall–Kier alpha value is -2.05. The first kappa shape index (κ1) is 10.8. The fourth-order valence-corrected chi connectivity index (χ4v) is 2.92. The molecule has 1 aromatic carbocycles. The zero-order valence-electron chi connectivity index (χ0n) is 9.37. The van der Waals surface area contributed by atoms with Gasteiger partial charge in [0.25, 0.3) is 5.56 Å². The SMILES string of the molecule is O=c1c2cnc3c(Cl)cccc3c2nc2scnn12. The lowest BCUT2D eigenvalue weighted by Gasteiger charge is -2.03. The number of hydrogen-bond donors (Lipinski definition) is 0. The van der Waals surface area contributed by atoms with Crippen LogP contribution in [-0.4, -0.2) is 19.6 Å². The van der Waals surface area contributed by atoms with E-state index in [-0.39, 0.29) is 5.56 Å². The van der Waals surface area contributed by atoms with Crippen molar-refractivity contribution in [2.24, 2.45) is 0 Å². The van der Waals surface area contributed by atoms with Gasteiger partial charge in [0.2, 0.25) is 4.96 Å². The molecule has 92 valence electrons. The van der Waals surface area contributed by atoms with Crippen LogP contribution in [0.15, 0.2) is 34.7 Å². The summed E-state index contributed by atoms with van der Waals surface area (Å²) in [4.78, 5) is 21.6. The highest BCUT2D eigenvalue weighted by Gasteiger charge is 2.12. The van der Waals surface area contributed by atoms with Crippen molar-refractivity contribution in [1.82, 2.24) is 19.6 Å². The molecule has 0 amide bonds. The van der Waals surface area contributed by atoms with Crippen molar-refractivity contribution >= 4 is 49.7 Å². The van der Waals surface area contributed by atoms with Gasteiger partial charge in [-0.05, 0) is 6.07 Å². The zero-order chi connectivity index (χ0) is 13.0. The van der Waals surface area contributed by atoms with Crippen molar-refractivity contribution in [3.63, 3.8) is 0 Å². The first-order chi connectivity index (χ1) is 9.25. The van der Waals surface area contributed by atoms with Crippen LogP contribution in [-0.2, 0) is 0 Å². The predicted octanol–water partition coefficient (Wildman–Crippen LogP) is 2.51. The summed E-state index contributed by atoms with van der Waals surface area (Å²) in [5.74, 6) is 0. The lowest BCUT2D eigenvalue weighted by atomic mass is 10.1. The molecule has 4 aromatic rings. The molecule has 0 spiro atoms. The summed E-state index contributed by atoms with van der Waals surface area (Å²) in [5.41, 5.74) is 2.64. The summed E-state index contributed by atoms with van der Waals surface area (Å²) >= 11 is 7.43. The molecule has 3 heterocycles. The van der Waals surface area contributed by atoms with Crippen LogP contribution in [0, 0.1) is 0 Å². The van der Waals surface area contributed by atoms with Crippen LogP contribution in [0.2, 0.25) is 5.02 Å². The van der Waals surface area contributed by atoms with Gasteiger partial charge in [0.05, 0.1) is 21.4 Å². The fraction of sp³-hybridized carbons (Fsp3) is 0. The first-order valence-corrected chi connectivity index (χ1v) is 6.71. The minimum atomic E-state index is -0.212. The van der Waals surface area contributed by atoms with Gasteiger partial charge in [0.1, 0.15) is 5.51 Å². The first-order valence-electron chi connectivity index (χ1n) is 5.45. The average molecular weight is 289 g/mol. The van der Waals surface area contributed by atoms with Crippen LogP contribution in [0.1, 0.15) is 0 Å². The van der Waals surface area contributed by atoms with Gasteiger partial charge in [0, 0.05) is 11.6 Å². The molecule has 7 heteroatoms. The minimum Gasteiger partial charge on any atom is -0.266 e. The van der Waals surface area contributed by atoms with Crippen molar-refractivity contribution in [3.8, 4) is 0 Å². The molecule has 0 aliphatic rings. The van der Waals surface area contributed by atoms with Crippen molar-refractivity contribution < 1.29 is 0 Å². The van der Waals surface area contributed by atoms with E-state index in [9.17, 15) is 4.79 Å². The Morgan fingerprint density at radius 1 is 1.21 bits per heavy atom. The molecule has 0 aliphatic carbocycles. The molecule has 0 atom stereocenters. The van der Waals surface area contributed by atoms with Crippen LogP contribution in [0.25, 0.3) is 26.8 Å². The van der Waals surface area contributed by atoms with E-state index >= 15 is 0 Å². The maximum atomic E-state index is 12.3. The third kappa shape index (κ3) is 1.41. The second kappa shape index (κ2) is 3.72. The number of fused-ring (bicyclic) bond motifs is 4. The van der Waals surface area contributed by atoms with Gasteiger partial charge >= 0.3 is 0 Å².